The van der Waals surface area contributed by atoms with Gasteiger partial charge >= 0.3 is 0 Å². The van der Waals surface area contributed by atoms with E-state index in [1.807, 2.05) is 48.5 Å². The minimum atomic E-state index is 0.173. The van der Waals surface area contributed by atoms with Crippen LogP contribution in [0.5, 0.6) is 5.75 Å². The molecule has 0 bridgehead atoms. The first kappa shape index (κ1) is 15.8. The van der Waals surface area contributed by atoms with Crippen LogP contribution in [0, 0.1) is 0 Å². The summed E-state index contributed by atoms with van der Waals surface area (Å²) in [5, 5.41) is 2.41. The molecule has 1 N–H and O–H groups in total. The summed E-state index contributed by atoms with van der Waals surface area (Å²) in [6.45, 7) is 1.92. The van der Waals surface area contributed by atoms with Crippen LogP contribution in [0.2, 0.25) is 5.02 Å². The van der Waals surface area contributed by atoms with E-state index in [2.05, 4.69) is 5.43 Å². The molecule has 1 aliphatic heterocycles. The molecule has 5 heteroatoms. The number of carbonyl (C=O) groups excluding carboxylic acids is 1. The molecular formula is C18H19ClN2O2. The van der Waals surface area contributed by atoms with Gasteiger partial charge in [0.15, 0.2) is 0 Å². The maximum Gasteiger partial charge on any atom is 0.236 e. The maximum atomic E-state index is 11.5. The molecule has 1 amide bonds. The van der Waals surface area contributed by atoms with Crippen molar-refractivity contribution in [2.24, 2.45) is 0 Å². The number of hydrazine groups is 1. The lowest BCUT2D eigenvalue weighted by Gasteiger charge is -2.17. The molecule has 1 aliphatic rings. The highest BCUT2D eigenvalue weighted by molar-refractivity contribution is 6.30. The summed E-state index contributed by atoms with van der Waals surface area (Å²) in [6, 6.07) is 15.5. The number of nitrogens with one attached hydrogen (secondary N) is 1. The monoisotopic (exact) mass is 330 g/mol. The van der Waals surface area contributed by atoms with Crippen molar-refractivity contribution in [3.05, 3.63) is 64.7 Å². The van der Waals surface area contributed by atoms with Crippen molar-refractivity contribution in [2.45, 2.75) is 26.0 Å². The van der Waals surface area contributed by atoms with Crippen LogP contribution in [0.1, 0.15) is 24.0 Å². The lowest BCUT2D eigenvalue weighted by Crippen LogP contribution is -2.38. The minimum Gasteiger partial charge on any atom is -0.489 e. The summed E-state index contributed by atoms with van der Waals surface area (Å²) in [5.41, 5.74) is 5.31. The molecule has 0 spiro atoms. The number of carbonyl (C=O) groups is 1. The third kappa shape index (κ3) is 4.47. The Balaban J connectivity index is 1.49. The molecule has 0 saturated carbocycles. The Bertz CT molecular complexity index is 673. The summed E-state index contributed by atoms with van der Waals surface area (Å²) in [5.74, 6) is 0.984. The van der Waals surface area contributed by atoms with Crippen LogP contribution in [-0.2, 0) is 17.9 Å². The molecule has 120 valence electrons. The normalized spacial score (nSPS) is 14.3. The number of nitrogens with zero attached hydrogens (tertiary/aromatic N) is 1. The molecule has 23 heavy (non-hydrogen) atoms. The molecule has 2 aromatic carbocycles. The molecule has 0 atom stereocenters. The number of amides is 1. The van der Waals surface area contributed by atoms with Crippen LogP contribution in [0.15, 0.2) is 48.5 Å². The highest BCUT2D eigenvalue weighted by atomic mass is 35.5. The molecule has 1 heterocycles. The van der Waals surface area contributed by atoms with Gasteiger partial charge in [0.05, 0.1) is 0 Å². The number of hydrogen-bond acceptors (Lipinski definition) is 3. The third-order valence-electron chi connectivity index (χ3n) is 3.77. The molecule has 3 rings (SSSR count). The van der Waals surface area contributed by atoms with Gasteiger partial charge in [0.25, 0.3) is 0 Å². The Hall–Kier alpha value is -2.04. The van der Waals surface area contributed by atoms with E-state index < -0.39 is 0 Å². The number of hydrogen-bond donors (Lipinski definition) is 1. The van der Waals surface area contributed by atoms with Crippen molar-refractivity contribution in [3.8, 4) is 5.75 Å². The minimum absolute atomic E-state index is 0.173. The second-order valence-electron chi connectivity index (χ2n) is 5.55. The molecule has 1 saturated heterocycles. The molecule has 0 radical (unpaired) electrons. The third-order valence-corrected chi connectivity index (χ3v) is 4.00. The quantitative estimate of drug-likeness (QED) is 0.880. The smallest absolute Gasteiger partial charge is 0.236 e. The van der Waals surface area contributed by atoms with E-state index in [1.54, 1.807) is 5.01 Å². The van der Waals surface area contributed by atoms with Crippen LogP contribution in [-0.4, -0.2) is 17.5 Å². The highest BCUT2D eigenvalue weighted by Gasteiger charge is 2.19. The number of rotatable bonds is 6. The van der Waals surface area contributed by atoms with E-state index in [0.717, 1.165) is 29.8 Å². The topological polar surface area (TPSA) is 41.6 Å². The zero-order valence-corrected chi connectivity index (χ0v) is 13.6. The van der Waals surface area contributed by atoms with Gasteiger partial charge in [-0.1, -0.05) is 35.9 Å². The Morgan fingerprint density at radius 2 is 1.96 bits per heavy atom. The van der Waals surface area contributed by atoms with Crippen molar-refractivity contribution in [1.29, 1.82) is 0 Å². The summed E-state index contributed by atoms with van der Waals surface area (Å²) in [4.78, 5) is 11.5. The Labute approximate surface area is 141 Å². The first-order valence-corrected chi connectivity index (χ1v) is 8.08. The average Bonchev–Trinajstić information content (AvgIpc) is 2.97. The zero-order valence-electron chi connectivity index (χ0n) is 12.8. The van der Waals surface area contributed by atoms with Crippen molar-refractivity contribution in [2.75, 3.05) is 6.54 Å². The zero-order chi connectivity index (χ0) is 16.1. The van der Waals surface area contributed by atoms with Crippen molar-refractivity contribution >= 4 is 17.5 Å². The van der Waals surface area contributed by atoms with Gasteiger partial charge in [-0.15, -0.1) is 0 Å². The van der Waals surface area contributed by atoms with Crippen LogP contribution < -0.4 is 10.2 Å². The largest absolute Gasteiger partial charge is 0.489 e. The summed E-state index contributed by atoms with van der Waals surface area (Å²) < 4.78 is 5.75. The second kappa shape index (κ2) is 7.49. The number of ether oxygens (including phenoxy) is 1. The van der Waals surface area contributed by atoms with Crippen molar-refractivity contribution in [3.63, 3.8) is 0 Å². The summed E-state index contributed by atoms with van der Waals surface area (Å²) in [7, 11) is 0. The Kier molecular flexibility index (Phi) is 5.16. The maximum absolute atomic E-state index is 11.5. The van der Waals surface area contributed by atoms with Gasteiger partial charge in [0.1, 0.15) is 12.4 Å². The van der Waals surface area contributed by atoms with Crippen molar-refractivity contribution < 1.29 is 9.53 Å². The molecule has 0 aromatic heterocycles. The van der Waals surface area contributed by atoms with Gasteiger partial charge in [-0.2, -0.15) is 0 Å². The average molecular weight is 331 g/mol. The van der Waals surface area contributed by atoms with E-state index in [0.29, 0.717) is 24.6 Å². The summed E-state index contributed by atoms with van der Waals surface area (Å²) in [6.07, 6.45) is 1.57. The molecular weight excluding hydrogens is 312 g/mol. The molecule has 1 fully saturated rings. The molecule has 4 nitrogen and oxygen atoms in total. The Morgan fingerprint density at radius 1 is 1.13 bits per heavy atom. The Morgan fingerprint density at radius 3 is 2.65 bits per heavy atom. The van der Waals surface area contributed by atoms with E-state index in [4.69, 9.17) is 16.3 Å². The van der Waals surface area contributed by atoms with Gasteiger partial charge in [0.2, 0.25) is 5.91 Å². The van der Waals surface area contributed by atoms with Crippen molar-refractivity contribution in [1.82, 2.24) is 10.4 Å². The van der Waals surface area contributed by atoms with E-state index >= 15 is 0 Å². The first-order valence-electron chi connectivity index (χ1n) is 7.71. The van der Waals surface area contributed by atoms with Gasteiger partial charge in [-0.25, -0.2) is 5.43 Å². The number of halogens is 1. The van der Waals surface area contributed by atoms with E-state index in [-0.39, 0.29) is 5.91 Å². The SMILES string of the molecule is O=C1CCCN1NCc1ccc(OCc2cccc(Cl)c2)cc1. The lowest BCUT2D eigenvalue weighted by molar-refractivity contribution is -0.130. The van der Waals surface area contributed by atoms with Crippen LogP contribution >= 0.6 is 11.6 Å². The predicted octanol–water partition coefficient (Wildman–Crippen LogP) is 3.55. The van der Waals surface area contributed by atoms with Gasteiger partial charge in [-0.05, 0) is 41.8 Å². The van der Waals surface area contributed by atoms with Gasteiger partial charge < -0.3 is 4.74 Å². The highest BCUT2D eigenvalue weighted by Crippen LogP contribution is 2.16. The lowest BCUT2D eigenvalue weighted by atomic mass is 10.2. The van der Waals surface area contributed by atoms with Gasteiger partial charge in [-0.3, -0.25) is 9.80 Å². The standard InChI is InChI=1S/C18H19ClN2O2/c19-16-4-1-3-15(11-16)13-23-17-8-6-14(7-9-17)12-20-21-10-2-5-18(21)22/h1,3-4,6-9,11,20H,2,5,10,12-13H2. The first-order chi connectivity index (χ1) is 11.2. The fourth-order valence-corrected chi connectivity index (χ4v) is 2.71. The fourth-order valence-electron chi connectivity index (χ4n) is 2.50. The van der Waals surface area contributed by atoms with E-state index in [9.17, 15) is 4.79 Å². The fraction of sp³-hybridized carbons (Fsp3) is 0.278. The summed E-state index contributed by atoms with van der Waals surface area (Å²) >= 11 is 5.96. The molecule has 0 aliphatic carbocycles. The number of benzene rings is 2. The molecule has 0 unspecified atom stereocenters. The van der Waals surface area contributed by atoms with Crippen LogP contribution in [0.4, 0.5) is 0 Å². The molecule has 2 aromatic rings. The second-order valence-corrected chi connectivity index (χ2v) is 5.98. The van der Waals surface area contributed by atoms with Gasteiger partial charge in [0, 0.05) is 24.5 Å². The van der Waals surface area contributed by atoms with Crippen LogP contribution in [0.3, 0.4) is 0 Å². The van der Waals surface area contributed by atoms with Crippen LogP contribution in [0.25, 0.3) is 0 Å². The van der Waals surface area contributed by atoms with E-state index in [1.165, 1.54) is 0 Å². The predicted molar refractivity (Wildman–Crippen MR) is 90.0 cm³/mol.